The maximum atomic E-state index is 12.8. The van der Waals surface area contributed by atoms with E-state index in [-0.39, 0.29) is 11.2 Å². The Hall–Kier alpha value is -2.05. The van der Waals surface area contributed by atoms with Gasteiger partial charge < -0.3 is 19.1 Å². The Morgan fingerprint density at radius 3 is 2.22 bits per heavy atom. The van der Waals surface area contributed by atoms with Crippen molar-refractivity contribution in [2.75, 3.05) is 28.4 Å². The number of hydrogen-bond donors (Lipinski definition) is 0. The molecule has 0 aliphatic carbocycles. The molecule has 1 amide bonds. The largest absolute Gasteiger partial charge is 0.493 e. The molecule has 0 saturated carbocycles. The fourth-order valence-corrected chi connectivity index (χ4v) is 3.81. The van der Waals surface area contributed by atoms with Gasteiger partial charge in [0, 0.05) is 29.1 Å². The number of halogens is 1. The van der Waals surface area contributed by atoms with Crippen LogP contribution in [0.2, 0.25) is 5.02 Å². The molecule has 0 bridgehead atoms. The number of hydrogen-bond acceptors (Lipinski definition) is 5. The predicted molar refractivity (Wildman–Crippen MR) is 109 cm³/mol. The number of benzene rings is 2. The summed E-state index contributed by atoms with van der Waals surface area (Å²) in [6, 6.07) is 11.1. The number of carbonyl (C=O) groups excluding carboxylic acids is 1. The highest BCUT2D eigenvalue weighted by atomic mass is 35.5. The molecule has 146 valence electrons. The van der Waals surface area contributed by atoms with Gasteiger partial charge in [-0.05, 0) is 43.3 Å². The molecule has 27 heavy (non-hydrogen) atoms. The average molecular weight is 410 g/mol. The summed E-state index contributed by atoms with van der Waals surface area (Å²) in [5.74, 6) is 1.68. The number of methoxy groups -OCH3 is 3. The minimum absolute atomic E-state index is 0.0202. The van der Waals surface area contributed by atoms with Crippen LogP contribution in [0.1, 0.15) is 12.5 Å². The van der Waals surface area contributed by atoms with Gasteiger partial charge in [-0.15, -0.1) is 11.8 Å². The zero-order chi connectivity index (χ0) is 20.0. The smallest absolute Gasteiger partial charge is 0.235 e. The lowest BCUT2D eigenvalue weighted by molar-refractivity contribution is -0.129. The van der Waals surface area contributed by atoms with Crippen molar-refractivity contribution in [3.05, 3.63) is 47.0 Å². The van der Waals surface area contributed by atoms with Crippen molar-refractivity contribution in [2.45, 2.75) is 23.6 Å². The van der Waals surface area contributed by atoms with Crippen LogP contribution in [0.3, 0.4) is 0 Å². The number of thioether (sulfide) groups is 1. The van der Waals surface area contributed by atoms with Crippen LogP contribution < -0.4 is 14.2 Å². The molecule has 0 heterocycles. The fraction of sp³-hybridized carbons (Fsp3) is 0.350. The highest BCUT2D eigenvalue weighted by molar-refractivity contribution is 8.00. The van der Waals surface area contributed by atoms with Crippen LogP contribution in [0.4, 0.5) is 0 Å². The maximum Gasteiger partial charge on any atom is 0.235 e. The third-order valence-corrected chi connectivity index (χ3v) is 5.40. The van der Waals surface area contributed by atoms with Crippen molar-refractivity contribution in [2.24, 2.45) is 0 Å². The molecule has 0 fully saturated rings. The molecular weight excluding hydrogens is 386 g/mol. The molecule has 5 nitrogen and oxygen atoms in total. The van der Waals surface area contributed by atoms with Gasteiger partial charge in [0.1, 0.15) is 0 Å². The Morgan fingerprint density at radius 2 is 1.67 bits per heavy atom. The van der Waals surface area contributed by atoms with E-state index in [2.05, 4.69) is 0 Å². The van der Waals surface area contributed by atoms with Crippen LogP contribution in [0.15, 0.2) is 41.3 Å². The van der Waals surface area contributed by atoms with E-state index in [0.29, 0.717) is 28.8 Å². The molecule has 2 rings (SSSR count). The van der Waals surface area contributed by atoms with Gasteiger partial charge >= 0.3 is 0 Å². The normalized spacial score (nSPS) is 11.6. The summed E-state index contributed by atoms with van der Waals surface area (Å²) in [6.07, 6.45) is 0. The molecule has 0 aliphatic rings. The van der Waals surface area contributed by atoms with Gasteiger partial charge in [0.2, 0.25) is 11.7 Å². The van der Waals surface area contributed by atoms with Gasteiger partial charge in [0.25, 0.3) is 0 Å². The van der Waals surface area contributed by atoms with Gasteiger partial charge in [-0.2, -0.15) is 0 Å². The summed E-state index contributed by atoms with van der Waals surface area (Å²) in [5.41, 5.74) is 0.842. The van der Waals surface area contributed by atoms with E-state index >= 15 is 0 Å². The van der Waals surface area contributed by atoms with Crippen molar-refractivity contribution in [3.8, 4) is 17.2 Å². The van der Waals surface area contributed by atoms with Crippen molar-refractivity contribution in [1.29, 1.82) is 0 Å². The first-order valence-electron chi connectivity index (χ1n) is 8.36. The highest BCUT2D eigenvalue weighted by Gasteiger charge is 2.22. The van der Waals surface area contributed by atoms with Gasteiger partial charge in [0.15, 0.2) is 11.5 Å². The standard InChI is InChI=1S/C20H24ClNO4S/c1-13(27-16-9-7-15(21)8-10-16)20(23)22(2)12-14-6-11-17(24-3)19(26-5)18(14)25-4/h6-11,13H,12H2,1-5H3. The van der Waals surface area contributed by atoms with Gasteiger partial charge in [0.05, 0.1) is 26.6 Å². The summed E-state index contributed by atoms with van der Waals surface area (Å²) >= 11 is 7.41. The second kappa shape index (κ2) is 9.76. The van der Waals surface area contributed by atoms with Crippen LogP contribution >= 0.6 is 23.4 Å². The first kappa shape index (κ1) is 21.3. The SMILES string of the molecule is COc1ccc(CN(C)C(=O)C(C)Sc2ccc(Cl)cc2)c(OC)c1OC. The zero-order valence-electron chi connectivity index (χ0n) is 16.1. The van der Waals surface area contributed by atoms with Crippen molar-refractivity contribution >= 4 is 29.3 Å². The van der Waals surface area contributed by atoms with Crippen LogP contribution in [-0.4, -0.2) is 44.4 Å². The van der Waals surface area contributed by atoms with E-state index in [9.17, 15) is 4.79 Å². The first-order chi connectivity index (χ1) is 12.9. The summed E-state index contributed by atoms with van der Waals surface area (Å²) < 4.78 is 16.2. The number of amides is 1. The Kier molecular flexibility index (Phi) is 7.68. The van der Waals surface area contributed by atoms with Crippen molar-refractivity contribution in [1.82, 2.24) is 4.90 Å². The summed E-state index contributed by atoms with van der Waals surface area (Å²) in [6.45, 7) is 2.29. The van der Waals surface area contributed by atoms with Gasteiger partial charge in [-0.1, -0.05) is 11.6 Å². The Bertz CT molecular complexity index is 782. The van der Waals surface area contributed by atoms with Crippen LogP contribution in [0, 0.1) is 0 Å². The minimum atomic E-state index is -0.234. The Balaban J connectivity index is 2.12. The highest BCUT2D eigenvalue weighted by Crippen LogP contribution is 2.40. The van der Waals surface area contributed by atoms with E-state index in [0.717, 1.165) is 10.5 Å². The maximum absolute atomic E-state index is 12.8. The quantitative estimate of drug-likeness (QED) is 0.600. The molecule has 0 aromatic heterocycles. The third kappa shape index (κ3) is 5.23. The third-order valence-electron chi connectivity index (χ3n) is 4.04. The number of carbonyl (C=O) groups is 1. The summed E-state index contributed by atoms with van der Waals surface area (Å²) in [7, 11) is 6.48. The monoisotopic (exact) mass is 409 g/mol. The molecule has 7 heteroatoms. The number of ether oxygens (including phenoxy) is 3. The van der Waals surface area contributed by atoms with Gasteiger partial charge in [-0.25, -0.2) is 0 Å². The van der Waals surface area contributed by atoms with Crippen molar-refractivity contribution < 1.29 is 19.0 Å². The minimum Gasteiger partial charge on any atom is -0.493 e. The molecular formula is C20H24ClNO4S. The molecule has 0 aliphatic heterocycles. The van der Waals surface area contributed by atoms with E-state index < -0.39 is 0 Å². The molecule has 1 atom stereocenters. The lowest BCUT2D eigenvalue weighted by Gasteiger charge is -2.23. The Labute approximate surface area is 169 Å². The van der Waals surface area contributed by atoms with E-state index in [1.54, 1.807) is 39.3 Å². The topological polar surface area (TPSA) is 48.0 Å². The molecule has 2 aromatic rings. The van der Waals surface area contributed by atoms with Gasteiger partial charge in [-0.3, -0.25) is 4.79 Å². The number of rotatable bonds is 8. The van der Waals surface area contributed by atoms with E-state index in [4.69, 9.17) is 25.8 Å². The number of nitrogens with zero attached hydrogens (tertiary/aromatic N) is 1. The van der Waals surface area contributed by atoms with Crippen molar-refractivity contribution in [3.63, 3.8) is 0 Å². The molecule has 1 unspecified atom stereocenters. The average Bonchev–Trinajstić information content (AvgIpc) is 2.68. The second-order valence-corrected chi connectivity index (χ2v) is 7.75. The van der Waals surface area contributed by atoms with E-state index in [1.807, 2.05) is 37.3 Å². The fourth-order valence-electron chi connectivity index (χ4n) is 2.70. The van der Waals surface area contributed by atoms with Crippen LogP contribution in [0.5, 0.6) is 17.2 Å². The summed E-state index contributed by atoms with van der Waals surface area (Å²) in [5, 5.41) is 0.443. The Morgan fingerprint density at radius 1 is 1.04 bits per heavy atom. The predicted octanol–water partition coefficient (Wildman–Crippen LogP) is 4.51. The van der Waals surface area contributed by atoms with Crippen LogP contribution in [-0.2, 0) is 11.3 Å². The first-order valence-corrected chi connectivity index (χ1v) is 9.62. The molecule has 0 radical (unpaired) electrons. The molecule has 0 saturated heterocycles. The lowest BCUT2D eigenvalue weighted by Crippen LogP contribution is -2.32. The summed E-state index contributed by atoms with van der Waals surface area (Å²) in [4.78, 5) is 15.5. The molecule has 0 N–H and O–H groups in total. The second-order valence-electron chi connectivity index (χ2n) is 5.90. The molecule has 2 aromatic carbocycles. The van der Waals surface area contributed by atoms with Crippen LogP contribution in [0.25, 0.3) is 0 Å². The zero-order valence-corrected chi connectivity index (χ0v) is 17.7. The molecule has 0 spiro atoms. The van der Waals surface area contributed by atoms with E-state index in [1.165, 1.54) is 11.8 Å². The lowest BCUT2D eigenvalue weighted by atomic mass is 10.1.